The average Bonchev–Trinajstić information content (AvgIpc) is 2.41. The summed E-state index contributed by atoms with van der Waals surface area (Å²) in [7, 11) is 0. The van der Waals surface area contributed by atoms with Crippen LogP contribution in [0.1, 0.15) is 30.6 Å². The number of carbonyl (C=O) groups excluding carboxylic acids is 1. The monoisotopic (exact) mass is 288 g/mol. The Balaban J connectivity index is 2.75. The van der Waals surface area contributed by atoms with Crippen LogP contribution < -0.4 is 5.32 Å². The first-order chi connectivity index (χ1) is 9.37. The number of benzene rings is 1. The van der Waals surface area contributed by atoms with Crippen molar-refractivity contribution < 1.29 is 18.0 Å². The van der Waals surface area contributed by atoms with Crippen molar-refractivity contribution in [3.05, 3.63) is 29.8 Å². The molecule has 0 atom stereocenters. The minimum absolute atomic E-state index is 0.0220. The molecule has 1 amide bonds. The lowest BCUT2D eigenvalue weighted by Crippen LogP contribution is -2.38. The van der Waals surface area contributed by atoms with Crippen molar-refractivity contribution in [1.29, 1.82) is 0 Å². The van der Waals surface area contributed by atoms with Gasteiger partial charge in [0, 0.05) is 24.3 Å². The first kappa shape index (κ1) is 16.3. The minimum Gasteiger partial charge on any atom is -0.385 e. The van der Waals surface area contributed by atoms with E-state index in [1.54, 1.807) is 24.3 Å². The number of alkyl halides is 3. The Kier molecular flexibility index (Phi) is 5.85. The molecule has 1 rings (SSSR count). The minimum atomic E-state index is -4.38. The molecule has 0 saturated carbocycles. The van der Waals surface area contributed by atoms with Crippen molar-refractivity contribution in [3.8, 4) is 0 Å². The molecule has 1 N–H and O–H groups in total. The van der Waals surface area contributed by atoms with E-state index >= 15 is 0 Å². The molecular formula is C14H19F3N2O. The second-order valence-electron chi connectivity index (χ2n) is 4.44. The van der Waals surface area contributed by atoms with Crippen LogP contribution in [0.15, 0.2) is 24.3 Å². The van der Waals surface area contributed by atoms with Crippen LogP contribution in [0.4, 0.5) is 18.9 Å². The summed E-state index contributed by atoms with van der Waals surface area (Å²) in [6.07, 6.45) is -3.41. The second-order valence-corrected chi connectivity index (χ2v) is 4.44. The highest BCUT2D eigenvalue weighted by molar-refractivity contribution is 5.94. The summed E-state index contributed by atoms with van der Waals surface area (Å²) in [6.45, 7) is 3.16. The number of nitrogens with zero attached hydrogens (tertiary/aromatic N) is 1. The largest absolute Gasteiger partial charge is 0.406 e. The summed E-state index contributed by atoms with van der Waals surface area (Å²) < 4.78 is 37.1. The van der Waals surface area contributed by atoms with E-state index < -0.39 is 18.6 Å². The highest BCUT2D eigenvalue weighted by Crippen LogP contribution is 2.18. The van der Waals surface area contributed by atoms with E-state index in [0.29, 0.717) is 0 Å². The number of amides is 1. The fourth-order valence-corrected chi connectivity index (χ4v) is 1.73. The normalized spacial score (nSPS) is 11.2. The highest BCUT2D eigenvalue weighted by atomic mass is 19.4. The van der Waals surface area contributed by atoms with Crippen molar-refractivity contribution in [1.82, 2.24) is 4.90 Å². The summed E-state index contributed by atoms with van der Waals surface area (Å²) in [5, 5.41) is 3.14. The van der Waals surface area contributed by atoms with E-state index in [0.717, 1.165) is 23.6 Å². The molecule has 112 valence electrons. The standard InChI is InChI=1S/C14H19F3N2O/c1-3-9-18-12-7-5-11(6-8-12)13(20)19(4-2)10-14(15,16)17/h5-8,18H,3-4,9-10H2,1-2H3. The lowest BCUT2D eigenvalue weighted by atomic mass is 10.1. The number of halogens is 3. The van der Waals surface area contributed by atoms with Gasteiger partial charge in [-0.3, -0.25) is 4.79 Å². The summed E-state index contributed by atoms with van der Waals surface area (Å²) >= 11 is 0. The van der Waals surface area contributed by atoms with Crippen LogP contribution in [0, 0.1) is 0 Å². The Labute approximate surface area is 116 Å². The summed E-state index contributed by atoms with van der Waals surface area (Å²) in [5.41, 5.74) is 1.11. The van der Waals surface area contributed by atoms with E-state index in [4.69, 9.17) is 0 Å². The fourth-order valence-electron chi connectivity index (χ4n) is 1.73. The van der Waals surface area contributed by atoms with Crippen molar-refractivity contribution >= 4 is 11.6 Å². The maximum atomic E-state index is 12.4. The lowest BCUT2D eigenvalue weighted by molar-refractivity contribution is -0.140. The second kappa shape index (κ2) is 7.17. The van der Waals surface area contributed by atoms with Crippen molar-refractivity contribution in [3.63, 3.8) is 0 Å². The van der Waals surface area contributed by atoms with Gasteiger partial charge in [0.25, 0.3) is 5.91 Å². The number of anilines is 1. The van der Waals surface area contributed by atoms with Gasteiger partial charge in [-0.05, 0) is 37.6 Å². The summed E-state index contributed by atoms with van der Waals surface area (Å²) in [6, 6.07) is 6.48. The third kappa shape index (κ3) is 5.11. The molecular weight excluding hydrogens is 269 g/mol. The van der Waals surface area contributed by atoms with Gasteiger partial charge in [0.1, 0.15) is 6.54 Å². The Morgan fingerprint density at radius 2 is 1.80 bits per heavy atom. The Morgan fingerprint density at radius 1 is 1.20 bits per heavy atom. The Hall–Kier alpha value is -1.72. The van der Waals surface area contributed by atoms with Crippen LogP contribution in [0.5, 0.6) is 0 Å². The van der Waals surface area contributed by atoms with E-state index in [9.17, 15) is 18.0 Å². The Bertz CT molecular complexity index is 429. The summed E-state index contributed by atoms with van der Waals surface area (Å²) in [5.74, 6) is -0.605. The molecule has 0 aromatic heterocycles. The number of carbonyl (C=O) groups is 1. The smallest absolute Gasteiger partial charge is 0.385 e. The molecule has 0 unspecified atom stereocenters. The van der Waals surface area contributed by atoms with Crippen LogP contribution in [0.3, 0.4) is 0 Å². The Morgan fingerprint density at radius 3 is 2.25 bits per heavy atom. The molecule has 0 saturated heterocycles. The van der Waals surface area contributed by atoms with Crippen molar-refractivity contribution in [2.45, 2.75) is 26.4 Å². The van der Waals surface area contributed by atoms with E-state index in [2.05, 4.69) is 5.32 Å². The van der Waals surface area contributed by atoms with Gasteiger partial charge in [0.2, 0.25) is 0 Å². The topological polar surface area (TPSA) is 32.3 Å². The van der Waals surface area contributed by atoms with Crippen LogP contribution in [-0.2, 0) is 0 Å². The molecule has 1 aromatic rings. The third-order valence-corrected chi connectivity index (χ3v) is 2.75. The molecule has 0 spiro atoms. The predicted octanol–water partition coefficient (Wildman–Crippen LogP) is 3.53. The van der Waals surface area contributed by atoms with Crippen LogP contribution in [0.2, 0.25) is 0 Å². The molecule has 0 fully saturated rings. The fraction of sp³-hybridized carbons (Fsp3) is 0.500. The molecule has 0 aliphatic carbocycles. The zero-order valence-electron chi connectivity index (χ0n) is 11.6. The van der Waals surface area contributed by atoms with Gasteiger partial charge in [-0.25, -0.2) is 0 Å². The molecule has 1 aromatic carbocycles. The van der Waals surface area contributed by atoms with Gasteiger partial charge >= 0.3 is 6.18 Å². The number of hydrogen-bond donors (Lipinski definition) is 1. The number of nitrogens with one attached hydrogen (secondary N) is 1. The molecule has 3 nitrogen and oxygen atoms in total. The quantitative estimate of drug-likeness (QED) is 0.868. The molecule has 0 aliphatic rings. The third-order valence-electron chi connectivity index (χ3n) is 2.75. The SMILES string of the molecule is CCCNc1ccc(C(=O)N(CC)CC(F)(F)F)cc1. The van der Waals surface area contributed by atoms with Crippen LogP contribution in [-0.4, -0.2) is 36.6 Å². The highest BCUT2D eigenvalue weighted by Gasteiger charge is 2.32. The number of rotatable bonds is 6. The maximum absolute atomic E-state index is 12.4. The van der Waals surface area contributed by atoms with E-state index in [1.807, 2.05) is 6.92 Å². The van der Waals surface area contributed by atoms with Gasteiger partial charge in [0.05, 0.1) is 0 Å². The molecule has 0 aliphatic heterocycles. The molecule has 6 heteroatoms. The molecule has 0 heterocycles. The molecule has 20 heavy (non-hydrogen) atoms. The van der Waals surface area contributed by atoms with Gasteiger partial charge in [-0.15, -0.1) is 0 Å². The van der Waals surface area contributed by atoms with Crippen molar-refractivity contribution in [2.75, 3.05) is 25.0 Å². The zero-order chi connectivity index (χ0) is 15.2. The van der Waals surface area contributed by atoms with Gasteiger partial charge in [-0.1, -0.05) is 6.92 Å². The average molecular weight is 288 g/mol. The maximum Gasteiger partial charge on any atom is 0.406 e. The lowest BCUT2D eigenvalue weighted by Gasteiger charge is -2.22. The number of hydrogen-bond acceptors (Lipinski definition) is 2. The first-order valence-electron chi connectivity index (χ1n) is 6.57. The molecule has 0 radical (unpaired) electrons. The molecule has 0 bridgehead atoms. The van der Waals surface area contributed by atoms with E-state index in [1.165, 1.54) is 6.92 Å². The van der Waals surface area contributed by atoms with Crippen molar-refractivity contribution in [2.24, 2.45) is 0 Å². The first-order valence-corrected chi connectivity index (χ1v) is 6.57. The van der Waals surface area contributed by atoms with Crippen LogP contribution >= 0.6 is 0 Å². The van der Waals surface area contributed by atoms with Gasteiger partial charge in [0.15, 0.2) is 0 Å². The van der Waals surface area contributed by atoms with Gasteiger partial charge < -0.3 is 10.2 Å². The van der Waals surface area contributed by atoms with E-state index in [-0.39, 0.29) is 12.1 Å². The zero-order valence-corrected chi connectivity index (χ0v) is 11.6. The predicted molar refractivity (Wildman–Crippen MR) is 72.9 cm³/mol. The summed E-state index contributed by atoms with van der Waals surface area (Å²) in [4.78, 5) is 12.8. The van der Waals surface area contributed by atoms with Gasteiger partial charge in [-0.2, -0.15) is 13.2 Å². The van der Waals surface area contributed by atoms with Crippen LogP contribution in [0.25, 0.3) is 0 Å².